The molecule has 4 heteroatoms. The fourth-order valence-corrected chi connectivity index (χ4v) is 3.76. The molecule has 0 spiro atoms. The van der Waals surface area contributed by atoms with Gasteiger partial charge in [0.15, 0.2) is 0 Å². The highest BCUT2D eigenvalue weighted by Gasteiger charge is 2.23. The lowest BCUT2D eigenvalue weighted by atomic mass is 10.0. The van der Waals surface area contributed by atoms with Crippen LogP contribution in [0, 0.1) is 0 Å². The van der Waals surface area contributed by atoms with Crippen LogP contribution in [0.25, 0.3) is 10.9 Å². The maximum Gasteiger partial charge on any atom is 0.0686 e. The molecule has 1 aliphatic rings. The molecule has 1 atom stereocenters. The van der Waals surface area contributed by atoms with E-state index in [1.165, 1.54) is 29.3 Å². The summed E-state index contributed by atoms with van der Waals surface area (Å²) in [5.74, 6) is 0. The molecule has 1 saturated heterocycles. The molecule has 3 aromatic rings. The molecule has 0 saturated carbocycles. The quantitative estimate of drug-likeness (QED) is 0.705. The van der Waals surface area contributed by atoms with E-state index in [0.29, 0.717) is 6.04 Å². The molecule has 2 aromatic carbocycles. The summed E-state index contributed by atoms with van der Waals surface area (Å²) in [5.41, 5.74) is 2.52. The van der Waals surface area contributed by atoms with Crippen molar-refractivity contribution in [2.45, 2.75) is 25.4 Å². The number of aromatic nitrogens is 2. The van der Waals surface area contributed by atoms with Crippen molar-refractivity contribution in [3.05, 3.63) is 65.3 Å². The number of likely N-dealkylation sites (tertiary alicyclic amines) is 1. The second kappa shape index (κ2) is 6.34. The van der Waals surface area contributed by atoms with Crippen molar-refractivity contribution in [2.24, 2.45) is 0 Å². The largest absolute Gasteiger partial charge is 0.297 e. The van der Waals surface area contributed by atoms with Crippen molar-refractivity contribution in [1.29, 1.82) is 0 Å². The van der Waals surface area contributed by atoms with Gasteiger partial charge in [0.2, 0.25) is 0 Å². The van der Waals surface area contributed by atoms with Gasteiger partial charge in [0.1, 0.15) is 0 Å². The Morgan fingerprint density at radius 3 is 2.96 bits per heavy atom. The normalized spacial score (nSPS) is 19.3. The van der Waals surface area contributed by atoms with E-state index in [0.717, 1.165) is 24.7 Å². The van der Waals surface area contributed by atoms with E-state index in [1.807, 2.05) is 18.3 Å². The van der Waals surface area contributed by atoms with Crippen molar-refractivity contribution in [3.8, 4) is 0 Å². The first-order valence-electron chi connectivity index (χ1n) is 8.19. The number of fused-ring (bicyclic) bond motifs is 1. The Hall–Kier alpha value is -1.84. The van der Waals surface area contributed by atoms with Crippen LogP contribution in [0.2, 0.25) is 5.02 Å². The summed E-state index contributed by atoms with van der Waals surface area (Å²) < 4.78 is 2.21. The standard InChI is InChI=1S/C19H20ClN3/c20-17-7-3-5-15(11-17)13-22-10-4-8-18(14-22)23-19-9-2-1-6-16(19)12-21-23/h1-3,5-7,9,11-12,18H,4,8,10,13-14H2/t18-/m1/s1. The third-order valence-corrected chi connectivity index (χ3v) is 4.86. The van der Waals surface area contributed by atoms with Crippen LogP contribution in [0.1, 0.15) is 24.4 Å². The third kappa shape index (κ3) is 3.12. The Morgan fingerprint density at radius 2 is 2.04 bits per heavy atom. The minimum Gasteiger partial charge on any atom is -0.297 e. The third-order valence-electron chi connectivity index (χ3n) is 4.63. The first-order valence-corrected chi connectivity index (χ1v) is 8.56. The number of hydrogen-bond acceptors (Lipinski definition) is 2. The highest BCUT2D eigenvalue weighted by atomic mass is 35.5. The summed E-state index contributed by atoms with van der Waals surface area (Å²) in [6.07, 6.45) is 4.38. The van der Waals surface area contributed by atoms with E-state index < -0.39 is 0 Å². The predicted octanol–water partition coefficient (Wildman–Crippen LogP) is 4.53. The van der Waals surface area contributed by atoms with Gasteiger partial charge in [-0.15, -0.1) is 0 Å². The van der Waals surface area contributed by atoms with Crippen molar-refractivity contribution in [2.75, 3.05) is 13.1 Å². The predicted molar refractivity (Wildman–Crippen MR) is 94.7 cm³/mol. The van der Waals surface area contributed by atoms with E-state index >= 15 is 0 Å². The van der Waals surface area contributed by atoms with Crippen molar-refractivity contribution in [3.63, 3.8) is 0 Å². The van der Waals surface area contributed by atoms with Crippen LogP contribution in [0.15, 0.2) is 54.7 Å². The topological polar surface area (TPSA) is 21.1 Å². The van der Waals surface area contributed by atoms with Crippen molar-refractivity contribution in [1.82, 2.24) is 14.7 Å². The van der Waals surface area contributed by atoms with Crippen LogP contribution < -0.4 is 0 Å². The van der Waals surface area contributed by atoms with Crippen LogP contribution in [0.4, 0.5) is 0 Å². The van der Waals surface area contributed by atoms with Gasteiger partial charge in [0.25, 0.3) is 0 Å². The molecule has 0 aliphatic carbocycles. The summed E-state index contributed by atoms with van der Waals surface area (Å²) in [6, 6.07) is 17.1. The maximum atomic E-state index is 6.11. The summed E-state index contributed by atoms with van der Waals surface area (Å²) in [4.78, 5) is 2.51. The van der Waals surface area contributed by atoms with Crippen LogP contribution >= 0.6 is 11.6 Å². The van der Waals surface area contributed by atoms with Gasteiger partial charge in [0, 0.05) is 23.5 Å². The van der Waals surface area contributed by atoms with Gasteiger partial charge in [-0.2, -0.15) is 5.10 Å². The molecular weight excluding hydrogens is 306 g/mol. The van der Waals surface area contributed by atoms with Gasteiger partial charge in [0.05, 0.1) is 17.8 Å². The monoisotopic (exact) mass is 325 g/mol. The molecule has 1 fully saturated rings. The zero-order chi connectivity index (χ0) is 15.6. The Kier molecular flexibility index (Phi) is 4.06. The average molecular weight is 326 g/mol. The highest BCUT2D eigenvalue weighted by Crippen LogP contribution is 2.26. The smallest absolute Gasteiger partial charge is 0.0686 e. The molecule has 1 aliphatic heterocycles. The molecular formula is C19H20ClN3. The van der Waals surface area contributed by atoms with E-state index in [2.05, 4.69) is 51.1 Å². The molecule has 1 aromatic heterocycles. The van der Waals surface area contributed by atoms with Gasteiger partial charge in [-0.1, -0.05) is 41.9 Å². The van der Waals surface area contributed by atoms with E-state index in [4.69, 9.17) is 11.6 Å². The van der Waals surface area contributed by atoms with Crippen molar-refractivity contribution >= 4 is 22.5 Å². The second-order valence-electron chi connectivity index (χ2n) is 6.31. The number of hydrogen-bond donors (Lipinski definition) is 0. The number of benzene rings is 2. The molecule has 3 nitrogen and oxygen atoms in total. The molecule has 4 rings (SSSR count). The lowest BCUT2D eigenvalue weighted by Crippen LogP contribution is -2.36. The molecule has 0 N–H and O–H groups in total. The fourth-order valence-electron chi connectivity index (χ4n) is 3.55. The summed E-state index contributed by atoms with van der Waals surface area (Å²) in [7, 11) is 0. The zero-order valence-corrected chi connectivity index (χ0v) is 13.8. The van der Waals surface area contributed by atoms with Crippen LogP contribution in [0.3, 0.4) is 0 Å². The molecule has 23 heavy (non-hydrogen) atoms. The number of nitrogens with zero attached hydrogens (tertiary/aromatic N) is 3. The Balaban J connectivity index is 1.53. The molecule has 2 heterocycles. The minimum absolute atomic E-state index is 0.447. The van der Waals surface area contributed by atoms with E-state index in [1.54, 1.807) is 0 Å². The van der Waals surface area contributed by atoms with E-state index in [9.17, 15) is 0 Å². The van der Waals surface area contributed by atoms with Crippen LogP contribution in [-0.2, 0) is 6.54 Å². The van der Waals surface area contributed by atoms with E-state index in [-0.39, 0.29) is 0 Å². The highest BCUT2D eigenvalue weighted by molar-refractivity contribution is 6.30. The van der Waals surface area contributed by atoms with Crippen molar-refractivity contribution < 1.29 is 0 Å². The molecule has 0 bridgehead atoms. The van der Waals surface area contributed by atoms with Gasteiger partial charge < -0.3 is 0 Å². The molecule has 118 valence electrons. The molecule has 0 amide bonds. The average Bonchev–Trinajstić information content (AvgIpc) is 2.99. The Labute approximate surface area is 141 Å². The Morgan fingerprint density at radius 1 is 1.13 bits per heavy atom. The number of para-hydroxylation sites is 1. The number of halogens is 1. The fraction of sp³-hybridized carbons (Fsp3) is 0.316. The van der Waals surface area contributed by atoms with Gasteiger partial charge in [-0.3, -0.25) is 9.58 Å². The Bertz CT molecular complexity index is 811. The van der Waals surface area contributed by atoms with Crippen LogP contribution in [0.5, 0.6) is 0 Å². The second-order valence-corrected chi connectivity index (χ2v) is 6.75. The lowest BCUT2D eigenvalue weighted by molar-refractivity contribution is 0.165. The minimum atomic E-state index is 0.447. The number of piperidine rings is 1. The van der Waals surface area contributed by atoms with Gasteiger partial charge >= 0.3 is 0 Å². The van der Waals surface area contributed by atoms with Gasteiger partial charge in [-0.05, 0) is 43.1 Å². The van der Waals surface area contributed by atoms with Crippen LogP contribution in [-0.4, -0.2) is 27.8 Å². The maximum absolute atomic E-state index is 6.11. The molecule has 0 radical (unpaired) electrons. The molecule has 0 unspecified atom stereocenters. The SMILES string of the molecule is Clc1cccc(CN2CCC[C@@H](n3ncc4ccccc43)C2)c1. The first kappa shape index (κ1) is 14.7. The van der Waals surface area contributed by atoms with Gasteiger partial charge in [-0.25, -0.2) is 0 Å². The first-order chi connectivity index (χ1) is 11.3. The zero-order valence-electron chi connectivity index (χ0n) is 13.0. The summed E-state index contributed by atoms with van der Waals surface area (Å²) >= 11 is 6.11. The number of rotatable bonds is 3. The summed E-state index contributed by atoms with van der Waals surface area (Å²) in [6.45, 7) is 3.14. The summed E-state index contributed by atoms with van der Waals surface area (Å²) in [5, 5.41) is 6.68. The lowest BCUT2D eigenvalue weighted by Gasteiger charge is -2.33.